The van der Waals surface area contributed by atoms with E-state index in [-0.39, 0.29) is 5.60 Å². The first-order chi connectivity index (χ1) is 8.22. The van der Waals surface area contributed by atoms with Crippen LogP contribution in [0.25, 0.3) is 0 Å². The minimum Gasteiger partial charge on any atom is -0.374 e. The third-order valence-corrected chi connectivity index (χ3v) is 4.97. The van der Waals surface area contributed by atoms with Gasteiger partial charge in [0.15, 0.2) is 0 Å². The highest BCUT2D eigenvalue weighted by Gasteiger charge is 2.34. The maximum absolute atomic E-state index is 6.22. The van der Waals surface area contributed by atoms with Gasteiger partial charge in [0.25, 0.3) is 0 Å². The topological polar surface area (TPSA) is 9.23 Å². The van der Waals surface area contributed by atoms with Gasteiger partial charge in [-0.3, -0.25) is 0 Å². The third kappa shape index (κ3) is 5.74. The number of hydrogen-bond donors (Lipinski definition) is 0. The number of rotatable bonds is 8. The minimum absolute atomic E-state index is 0.155. The van der Waals surface area contributed by atoms with Gasteiger partial charge in [0.05, 0.1) is 5.60 Å². The molecule has 0 aromatic rings. The molecule has 0 heterocycles. The predicted molar refractivity (Wildman–Crippen MR) is 78.9 cm³/mol. The molecule has 0 radical (unpaired) electrons. The second-order valence-corrected chi connectivity index (χ2v) is 6.34. The standard InChI is InChI=1S/C15H29BrO/c1-3-4-5-6-7-11-17-15(13-16)10-8-9-14(2)12-15/h14H,3-13H2,1-2H3. The summed E-state index contributed by atoms with van der Waals surface area (Å²) in [5.41, 5.74) is 0.155. The van der Waals surface area contributed by atoms with E-state index in [0.717, 1.165) is 17.9 Å². The SMILES string of the molecule is CCCCCCCOC1(CBr)CCCC(C)C1. The van der Waals surface area contributed by atoms with Gasteiger partial charge < -0.3 is 4.74 Å². The van der Waals surface area contributed by atoms with Crippen molar-refractivity contribution in [3.8, 4) is 0 Å². The molecule has 2 heteroatoms. The largest absolute Gasteiger partial charge is 0.374 e. The van der Waals surface area contributed by atoms with Crippen LogP contribution in [0.2, 0.25) is 0 Å². The highest BCUT2D eigenvalue weighted by Crippen LogP contribution is 2.36. The lowest BCUT2D eigenvalue weighted by molar-refractivity contribution is -0.0641. The van der Waals surface area contributed by atoms with Crippen molar-refractivity contribution in [3.63, 3.8) is 0 Å². The average molecular weight is 305 g/mol. The molecular weight excluding hydrogens is 276 g/mol. The molecule has 0 amide bonds. The van der Waals surface area contributed by atoms with E-state index in [9.17, 15) is 0 Å². The Balaban J connectivity index is 2.17. The molecule has 102 valence electrons. The fourth-order valence-electron chi connectivity index (χ4n) is 2.90. The summed E-state index contributed by atoms with van der Waals surface area (Å²) in [6.07, 6.45) is 11.9. The Morgan fingerprint density at radius 2 is 2.00 bits per heavy atom. The third-order valence-electron chi connectivity index (χ3n) is 3.95. The summed E-state index contributed by atoms with van der Waals surface area (Å²) in [5.74, 6) is 0.835. The molecule has 17 heavy (non-hydrogen) atoms. The van der Waals surface area contributed by atoms with Crippen LogP contribution in [0.15, 0.2) is 0 Å². The zero-order valence-electron chi connectivity index (χ0n) is 11.6. The molecule has 1 aliphatic carbocycles. The van der Waals surface area contributed by atoms with Gasteiger partial charge in [-0.2, -0.15) is 0 Å². The zero-order chi connectivity index (χ0) is 12.6. The van der Waals surface area contributed by atoms with Crippen LogP contribution < -0.4 is 0 Å². The lowest BCUT2D eigenvalue weighted by Gasteiger charge is -2.38. The molecule has 0 saturated heterocycles. The molecule has 0 aromatic heterocycles. The molecule has 2 atom stereocenters. The van der Waals surface area contributed by atoms with Gasteiger partial charge in [0, 0.05) is 11.9 Å². The molecule has 2 unspecified atom stereocenters. The molecular formula is C15H29BrO. The smallest absolute Gasteiger partial charge is 0.0781 e. The fraction of sp³-hybridized carbons (Fsp3) is 1.00. The molecule has 1 saturated carbocycles. The van der Waals surface area contributed by atoms with Crippen LogP contribution >= 0.6 is 15.9 Å². The van der Waals surface area contributed by atoms with E-state index < -0.39 is 0 Å². The molecule has 0 aromatic carbocycles. The fourth-order valence-corrected chi connectivity index (χ4v) is 3.57. The summed E-state index contributed by atoms with van der Waals surface area (Å²) >= 11 is 3.66. The second kappa shape index (κ2) is 8.53. The van der Waals surface area contributed by atoms with E-state index in [1.807, 2.05) is 0 Å². The number of halogens is 1. The average Bonchev–Trinajstić information content (AvgIpc) is 2.34. The Labute approximate surface area is 116 Å². The number of alkyl halides is 1. The van der Waals surface area contributed by atoms with Gasteiger partial charge in [-0.15, -0.1) is 0 Å². The molecule has 1 aliphatic rings. The van der Waals surface area contributed by atoms with Crippen molar-refractivity contribution in [1.82, 2.24) is 0 Å². The first kappa shape index (κ1) is 15.5. The van der Waals surface area contributed by atoms with E-state index in [1.54, 1.807) is 0 Å². The summed E-state index contributed by atoms with van der Waals surface area (Å²) in [5, 5.41) is 1.01. The molecule has 0 spiro atoms. The van der Waals surface area contributed by atoms with Crippen molar-refractivity contribution in [2.45, 2.75) is 77.2 Å². The maximum atomic E-state index is 6.22. The normalized spacial score (nSPS) is 29.5. The van der Waals surface area contributed by atoms with Crippen molar-refractivity contribution >= 4 is 15.9 Å². The van der Waals surface area contributed by atoms with Crippen molar-refractivity contribution < 1.29 is 4.74 Å². The van der Waals surface area contributed by atoms with Gasteiger partial charge in [0.1, 0.15) is 0 Å². The van der Waals surface area contributed by atoms with Crippen molar-refractivity contribution in [2.75, 3.05) is 11.9 Å². The summed E-state index contributed by atoms with van der Waals surface area (Å²) in [4.78, 5) is 0. The Hall–Kier alpha value is 0.440. The number of unbranched alkanes of at least 4 members (excludes halogenated alkanes) is 4. The van der Waals surface area contributed by atoms with Crippen molar-refractivity contribution in [1.29, 1.82) is 0 Å². The Bertz CT molecular complexity index is 195. The van der Waals surface area contributed by atoms with Gasteiger partial charge in [-0.25, -0.2) is 0 Å². The van der Waals surface area contributed by atoms with Crippen LogP contribution in [0.3, 0.4) is 0 Å². The van der Waals surface area contributed by atoms with E-state index in [4.69, 9.17) is 4.74 Å². The van der Waals surface area contributed by atoms with Gasteiger partial charge in [-0.05, 0) is 25.2 Å². The molecule has 1 rings (SSSR count). The van der Waals surface area contributed by atoms with E-state index in [2.05, 4.69) is 29.8 Å². The molecule has 1 nitrogen and oxygen atoms in total. The quantitative estimate of drug-likeness (QED) is 0.436. The van der Waals surface area contributed by atoms with Gasteiger partial charge in [-0.1, -0.05) is 68.3 Å². The monoisotopic (exact) mass is 304 g/mol. The first-order valence-corrected chi connectivity index (χ1v) is 8.54. The van der Waals surface area contributed by atoms with Crippen molar-refractivity contribution in [2.24, 2.45) is 5.92 Å². The minimum atomic E-state index is 0.155. The Morgan fingerprint density at radius 1 is 1.24 bits per heavy atom. The first-order valence-electron chi connectivity index (χ1n) is 7.42. The van der Waals surface area contributed by atoms with E-state index in [1.165, 1.54) is 57.8 Å². The highest BCUT2D eigenvalue weighted by atomic mass is 79.9. The number of ether oxygens (including phenoxy) is 1. The van der Waals surface area contributed by atoms with Crippen LogP contribution in [0.5, 0.6) is 0 Å². The summed E-state index contributed by atoms with van der Waals surface area (Å²) in [6, 6.07) is 0. The van der Waals surface area contributed by atoms with Crippen LogP contribution in [-0.4, -0.2) is 17.5 Å². The summed E-state index contributed by atoms with van der Waals surface area (Å²) < 4.78 is 6.22. The second-order valence-electron chi connectivity index (χ2n) is 5.78. The van der Waals surface area contributed by atoms with Crippen LogP contribution in [0, 0.1) is 5.92 Å². The molecule has 0 bridgehead atoms. The van der Waals surface area contributed by atoms with Crippen molar-refractivity contribution in [3.05, 3.63) is 0 Å². The Morgan fingerprint density at radius 3 is 2.65 bits per heavy atom. The Kier molecular flexibility index (Phi) is 7.77. The maximum Gasteiger partial charge on any atom is 0.0781 e. The zero-order valence-corrected chi connectivity index (χ0v) is 13.2. The predicted octanol–water partition coefficient (Wildman–Crippen LogP) is 5.32. The lowest BCUT2D eigenvalue weighted by Crippen LogP contribution is -2.39. The van der Waals surface area contributed by atoms with Crippen LogP contribution in [-0.2, 0) is 4.74 Å². The summed E-state index contributed by atoms with van der Waals surface area (Å²) in [7, 11) is 0. The molecule has 0 N–H and O–H groups in total. The molecule has 0 aliphatic heterocycles. The van der Waals surface area contributed by atoms with E-state index in [0.29, 0.717) is 0 Å². The van der Waals surface area contributed by atoms with Crippen LogP contribution in [0.4, 0.5) is 0 Å². The van der Waals surface area contributed by atoms with Crippen LogP contribution in [0.1, 0.15) is 71.6 Å². The molecule has 1 fully saturated rings. The van der Waals surface area contributed by atoms with Gasteiger partial charge >= 0.3 is 0 Å². The van der Waals surface area contributed by atoms with E-state index >= 15 is 0 Å². The van der Waals surface area contributed by atoms with Gasteiger partial charge in [0.2, 0.25) is 0 Å². The lowest BCUT2D eigenvalue weighted by atomic mass is 9.80. The highest BCUT2D eigenvalue weighted by molar-refractivity contribution is 9.09. The number of hydrogen-bond acceptors (Lipinski definition) is 1. The summed E-state index contributed by atoms with van der Waals surface area (Å²) in [6.45, 7) is 5.59.